The summed E-state index contributed by atoms with van der Waals surface area (Å²) in [6, 6.07) is 6.16. The highest BCUT2D eigenvalue weighted by atomic mass is 16.5. The van der Waals surface area contributed by atoms with Crippen LogP contribution in [0.1, 0.15) is 45.6 Å². The quantitative estimate of drug-likeness (QED) is 0.575. The van der Waals surface area contributed by atoms with Crippen LogP contribution in [0.4, 0.5) is 16.2 Å². The summed E-state index contributed by atoms with van der Waals surface area (Å²) >= 11 is 0. The lowest BCUT2D eigenvalue weighted by atomic mass is 9.88. The Kier molecular flexibility index (Phi) is 7.78. The van der Waals surface area contributed by atoms with E-state index in [4.69, 9.17) is 4.74 Å². The second-order valence-electron chi connectivity index (χ2n) is 7.67. The van der Waals surface area contributed by atoms with E-state index in [2.05, 4.69) is 33.0 Å². The van der Waals surface area contributed by atoms with Gasteiger partial charge in [0, 0.05) is 17.9 Å². The third kappa shape index (κ3) is 6.28. The zero-order valence-corrected chi connectivity index (χ0v) is 17.5. The maximum Gasteiger partial charge on any atom is 0.319 e. The second kappa shape index (κ2) is 10.7. The summed E-state index contributed by atoms with van der Waals surface area (Å²) in [5.74, 6) is 0.386. The third-order valence-electron chi connectivity index (χ3n) is 5.38. The fourth-order valence-corrected chi connectivity index (χ4v) is 3.50. The number of hydrogen-bond donors (Lipinski definition) is 3. The van der Waals surface area contributed by atoms with Crippen LogP contribution in [0.25, 0.3) is 0 Å². The van der Waals surface area contributed by atoms with E-state index >= 15 is 0 Å². The lowest BCUT2D eigenvalue weighted by Crippen LogP contribution is -2.34. The van der Waals surface area contributed by atoms with Crippen molar-refractivity contribution in [1.82, 2.24) is 20.1 Å². The van der Waals surface area contributed by atoms with E-state index in [0.29, 0.717) is 36.5 Å². The van der Waals surface area contributed by atoms with Crippen molar-refractivity contribution in [2.24, 2.45) is 5.92 Å². The zero-order valence-electron chi connectivity index (χ0n) is 17.5. The molecule has 3 atom stereocenters. The first-order chi connectivity index (χ1) is 14.5. The monoisotopic (exact) mass is 414 g/mol. The molecule has 0 aliphatic heterocycles. The van der Waals surface area contributed by atoms with Gasteiger partial charge in [0.1, 0.15) is 18.7 Å². The number of amides is 3. The average molecular weight is 415 g/mol. The molecule has 1 aromatic carbocycles. The molecule has 9 heteroatoms. The molecule has 3 amide bonds. The van der Waals surface area contributed by atoms with E-state index in [1.54, 1.807) is 31.2 Å². The highest BCUT2D eigenvalue weighted by molar-refractivity contribution is 5.94. The van der Waals surface area contributed by atoms with E-state index < -0.39 is 6.04 Å². The van der Waals surface area contributed by atoms with Crippen molar-refractivity contribution in [3.8, 4) is 0 Å². The highest BCUT2D eigenvalue weighted by Crippen LogP contribution is 2.26. The Hall–Kier alpha value is -2.94. The first-order valence-corrected chi connectivity index (χ1v) is 10.4. The predicted octanol–water partition coefficient (Wildman–Crippen LogP) is 3.19. The molecule has 30 heavy (non-hydrogen) atoms. The molecular weight excluding hydrogens is 384 g/mol. The van der Waals surface area contributed by atoms with E-state index in [1.807, 2.05) is 0 Å². The van der Waals surface area contributed by atoms with Crippen molar-refractivity contribution in [2.45, 2.75) is 51.7 Å². The van der Waals surface area contributed by atoms with Crippen LogP contribution >= 0.6 is 0 Å². The van der Waals surface area contributed by atoms with Crippen LogP contribution in [-0.2, 0) is 9.53 Å². The molecular formula is C21H30N6O3. The van der Waals surface area contributed by atoms with Crippen molar-refractivity contribution >= 4 is 23.3 Å². The Morgan fingerprint density at radius 2 is 1.87 bits per heavy atom. The summed E-state index contributed by atoms with van der Waals surface area (Å²) in [5.41, 5.74) is 1.27. The zero-order chi connectivity index (χ0) is 21.3. The summed E-state index contributed by atoms with van der Waals surface area (Å²) in [6.45, 7) is 4.94. The van der Waals surface area contributed by atoms with Crippen LogP contribution < -0.4 is 16.0 Å². The van der Waals surface area contributed by atoms with Crippen LogP contribution in [-0.4, -0.2) is 46.0 Å². The van der Waals surface area contributed by atoms with Crippen LogP contribution in [0.2, 0.25) is 0 Å². The van der Waals surface area contributed by atoms with Gasteiger partial charge in [-0.3, -0.25) is 4.79 Å². The first kappa shape index (κ1) is 21.8. The summed E-state index contributed by atoms with van der Waals surface area (Å²) in [7, 11) is 0. The van der Waals surface area contributed by atoms with Crippen LogP contribution in [0.3, 0.4) is 0 Å². The molecule has 2 aromatic rings. The number of aromatic nitrogens is 3. The number of nitrogens with one attached hydrogen (secondary N) is 3. The van der Waals surface area contributed by atoms with Gasteiger partial charge in [0.25, 0.3) is 0 Å². The van der Waals surface area contributed by atoms with E-state index in [9.17, 15) is 9.59 Å². The molecule has 1 aromatic heterocycles. The summed E-state index contributed by atoms with van der Waals surface area (Å²) in [6.07, 6.45) is 8.01. The number of benzene rings is 1. The first-order valence-electron chi connectivity index (χ1n) is 10.4. The highest BCUT2D eigenvalue weighted by Gasteiger charge is 2.21. The van der Waals surface area contributed by atoms with Gasteiger partial charge in [-0.05, 0) is 49.9 Å². The van der Waals surface area contributed by atoms with Gasteiger partial charge in [-0.2, -0.15) is 5.10 Å². The largest absolute Gasteiger partial charge is 0.376 e. The molecule has 1 aliphatic rings. The number of carbonyl (C=O) groups excluding carboxylic acids is 2. The molecule has 1 saturated carbocycles. The minimum Gasteiger partial charge on any atom is -0.376 e. The van der Waals surface area contributed by atoms with Gasteiger partial charge in [-0.25, -0.2) is 14.5 Å². The molecule has 0 saturated heterocycles. The number of anilines is 2. The topological polar surface area (TPSA) is 110 Å². The van der Waals surface area contributed by atoms with Crippen LogP contribution in [0, 0.1) is 5.92 Å². The number of carbonyl (C=O) groups is 2. The van der Waals surface area contributed by atoms with E-state index in [1.165, 1.54) is 36.6 Å². The number of nitrogens with zero attached hydrogens (tertiary/aromatic N) is 3. The standard InChI is InChI=1S/C21H30N6O3/c1-15-5-3-4-6-19(15)30-12-11-23-21(29)26-18-9-7-17(8-10-18)25-20(28)16(2)27-14-22-13-24-27/h7-10,13-16,19H,3-6,11-12H2,1-2H3,(H,25,28)(H2,23,26,29)/t15-,16-,19+/m1/s1. The van der Waals surface area contributed by atoms with Gasteiger partial charge in [-0.1, -0.05) is 19.8 Å². The Morgan fingerprint density at radius 1 is 1.17 bits per heavy atom. The molecule has 0 spiro atoms. The lowest BCUT2D eigenvalue weighted by molar-refractivity contribution is -0.119. The molecule has 3 N–H and O–H groups in total. The van der Waals surface area contributed by atoms with Gasteiger partial charge in [0.05, 0.1) is 12.7 Å². The Morgan fingerprint density at radius 3 is 2.53 bits per heavy atom. The van der Waals surface area contributed by atoms with Crippen molar-refractivity contribution < 1.29 is 14.3 Å². The second-order valence-corrected chi connectivity index (χ2v) is 7.67. The molecule has 9 nitrogen and oxygen atoms in total. The van der Waals surface area contributed by atoms with Crippen molar-refractivity contribution in [3.05, 3.63) is 36.9 Å². The molecule has 1 heterocycles. The number of rotatable bonds is 8. The van der Waals surface area contributed by atoms with Gasteiger partial charge in [0.15, 0.2) is 0 Å². The molecule has 0 unspecified atom stereocenters. The van der Waals surface area contributed by atoms with Gasteiger partial charge >= 0.3 is 6.03 Å². The van der Waals surface area contributed by atoms with Crippen molar-refractivity contribution in [1.29, 1.82) is 0 Å². The normalized spacial score (nSPS) is 19.7. The lowest BCUT2D eigenvalue weighted by Gasteiger charge is -2.28. The number of hydrogen-bond acceptors (Lipinski definition) is 5. The summed E-state index contributed by atoms with van der Waals surface area (Å²) < 4.78 is 7.38. The van der Waals surface area contributed by atoms with Crippen LogP contribution in [0.15, 0.2) is 36.9 Å². The predicted molar refractivity (Wildman–Crippen MR) is 114 cm³/mol. The SMILES string of the molecule is C[C@@H]1CCCC[C@@H]1OCCNC(=O)Nc1ccc(NC(=O)[C@@H](C)n2cncn2)cc1. The van der Waals surface area contributed by atoms with E-state index in [-0.39, 0.29) is 11.9 Å². The van der Waals surface area contributed by atoms with E-state index in [0.717, 1.165) is 6.42 Å². The molecule has 1 fully saturated rings. The Balaban J connectivity index is 1.37. The van der Waals surface area contributed by atoms with Gasteiger partial charge < -0.3 is 20.7 Å². The molecule has 0 radical (unpaired) electrons. The molecule has 1 aliphatic carbocycles. The molecule has 162 valence electrons. The fraction of sp³-hybridized carbons (Fsp3) is 0.524. The number of urea groups is 1. The maximum atomic E-state index is 12.3. The molecule has 0 bridgehead atoms. The third-order valence-corrected chi connectivity index (χ3v) is 5.38. The number of ether oxygens (including phenoxy) is 1. The fourth-order valence-electron chi connectivity index (χ4n) is 3.50. The molecule has 3 rings (SSSR count). The van der Waals surface area contributed by atoms with Gasteiger partial charge in [0.2, 0.25) is 5.91 Å². The Labute approximate surface area is 176 Å². The Bertz CT molecular complexity index is 809. The smallest absolute Gasteiger partial charge is 0.319 e. The van der Waals surface area contributed by atoms with Crippen LogP contribution in [0.5, 0.6) is 0 Å². The summed E-state index contributed by atoms with van der Waals surface area (Å²) in [5, 5.41) is 12.4. The van der Waals surface area contributed by atoms with Gasteiger partial charge in [-0.15, -0.1) is 0 Å². The summed E-state index contributed by atoms with van der Waals surface area (Å²) in [4.78, 5) is 28.2. The minimum absolute atomic E-state index is 0.203. The average Bonchev–Trinajstić information content (AvgIpc) is 3.28. The van der Waals surface area contributed by atoms with Crippen molar-refractivity contribution in [3.63, 3.8) is 0 Å². The van der Waals surface area contributed by atoms with Crippen molar-refractivity contribution in [2.75, 3.05) is 23.8 Å². The maximum absolute atomic E-state index is 12.3. The minimum atomic E-state index is -0.477.